The number of nitrogens with zero attached hydrogens (tertiary/aromatic N) is 2. The summed E-state index contributed by atoms with van der Waals surface area (Å²) in [7, 11) is -3.68. The highest BCUT2D eigenvalue weighted by atomic mass is 32.2. The van der Waals surface area contributed by atoms with Crippen molar-refractivity contribution < 1.29 is 13.2 Å². The number of piperazine rings is 1. The molecule has 7 heteroatoms. The first kappa shape index (κ1) is 16.7. The van der Waals surface area contributed by atoms with Crippen molar-refractivity contribution in [2.75, 3.05) is 19.6 Å². The maximum Gasteiger partial charge on any atom is 0.267 e. The van der Waals surface area contributed by atoms with Gasteiger partial charge in [-0.2, -0.15) is 0 Å². The maximum absolute atomic E-state index is 12.6. The second kappa shape index (κ2) is 6.41. The minimum atomic E-state index is -3.68. The van der Waals surface area contributed by atoms with Crippen LogP contribution in [0.15, 0.2) is 47.6 Å². The van der Waals surface area contributed by atoms with E-state index in [-0.39, 0.29) is 16.8 Å². The van der Waals surface area contributed by atoms with Gasteiger partial charge in [0.05, 0.1) is 10.5 Å². The summed E-state index contributed by atoms with van der Waals surface area (Å²) < 4.78 is 26.4. The second-order valence-electron chi connectivity index (χ2n) is 6.15. The minimum Gasteiger partial charge on any atom is -0.336 e. The lowest BCUT2D eigenvalue weighted by Gasteiger charge is -2.31. The molecule has 0 radical (unpaired) electrons. The highest BCUT2D eigenvalue weighted by molar-refractivity contribution is 7.90. The Morgan fingerprint density at radius 3 is 2.58 bits per heavy atom. The van der Waals surface area contributed by atoms with Crippen LogP contribution in [-0.4, -0.2) is 48.9 Å². The molecule has 2 aromatic rings. The Labute approximate surface area is 142 Å². The predicted molar refractivity (Wildman–Crippen MR) is 91.6 cm³/mol. The van der Waals surface area contributed by atoms with E-state index in [9.17, 15) is 13.2 Å². The molecular formula is C17H21N3O3S. The lowest BCUT2D eigenvalue weighted by Crippen LogP contribution is -2.51. The molecule has 0 saturated carbocycles. The number of aryl methyl sites for hydroxylation is 1. The van der Waals surface area contributed by atoms with Crippen molar-refractivity contribution in [2.24, 2.45) is 0 Å². The summed E-state index contributed by atoms with van der Waals surface area (Å²) in [4.78, 5) is 14.5. The van der Waals surface area contributed by atoms with Gasteiger partial charge in [0.15, 0.2) is 0 Å². The molecule has 1 saturated heterocycles. The molecule has 1 atom stereocenters. The smallest absolute Gasteiger partial charge is 0.267 e. The average Bonchev–Trinajstić information content (AvgIpc) is 3.05. The van der Waals surface area contributed by atoms with Crippen molar-refractivity contribution in [1.29, 1.82) is 0 Å². The predicted octanol–water partition coefficient (Wildman–Crippen LogP) is 1.47. The third-order valence-corrected chi connectivity index (χ3v) is 5.82. The van der Waals surface area contributed by atoms with E-state index in [0.29, 0.717) is 18.7 Å². The first-order valence-electron chi connectivity index (χ1n) is 7.91. The minimum absolute atomic E-state index is 0.138. The van der Waals surface area contributed by atoms with Crippen molar-refractivity contribution in [2.45, 2.75) is 24.8 Å². The Hall–Kier alpha value is -2.12. The van der Waals surface area contributed by atoms with E-state index < -0.39 is 10.0 Å². The van der Waals surface area contributed by atoms with Gasteiger partial charge in [0, 0.05) is 38.1 Å². The first-order valence-corrected chi connectivity index (χ1v) is 9.35. The molecule has 0 spiro atoms. The zero-order valence-electron chi connectivity index (χ0n) is 13.8. The Kier molecular flexibility index (Phi) is 4.47. The first-order chi connectivity index (χ1) is 11.4. The lowest BCUT2D eigenvalue weighted by molar-refractivity contribution is 0.0709. The molecule has 1 aliphatic rings. The number of hydrogen-bond acceptors (Lipinski definition) is 4. The van der Waals surface area contributed by atoms with Gasteiger partial charge in [-0.3, -0.25) is 4.79 Å². The Morgan fingerprint density at radius 2 is 1.92 bits per heavy atom. The normalized spacial score (nSPS) is 18.6. The van der Waals surface area contributed by atoms with Crippen LogP contribution in [0.25, 0.3) is 0 Å². The highest BCUT2D eigenvalue weighted by Crippen LogP contribution is 2.17. The monoisotopic (exact) mass is 347 g/mol. The molecule has 0 bridgehead atoms. The van der Waals surface area contributed by atoms with Crippen LogP contribution in [0.4, 0.5) is 0 Å². The quantitative estimate of drug-likeness (QED) is 0.913. The number of aromatic nitrogens is 1. The van der Waals surface area contributed by atoms with Crippen molar-refractivity contribution in [1.82, 2.24) is 14.2 Å². The number of carbonyl (C=O) groups is 1. The van der Waals surface area contributed by atoms with Gasteiger partial charge in [0.2, 0.25) is 0 Å². The Bertz CT molecular complexity index is 840. The number of hydrogen-bond donors (Lipinski definition) is 1. The van der Waals surface area contributed by atoms with Crippen LogP contribution in [0.2, 0.25) is 0 Å². The topological polar surface area (TPSA) is 71.4 Å². The van der Waals surface area contributed by atoms with Crippen LogP contribution in [-0.2, 0) is 10.0 Å². The molecule has 1 aromatic heterocycles. The molecule has 1 aliphatic heterocycles. The van der Waals surface area contributed by atoms with Crippen LogP contribution in [0.3, 0.4) is 0 Å². The van der Waals surface area contributed by atoms with Gasteiger partial charge >= 0.3 is 0 Å². The van der Waals surface area contributed by atoms with Crippen molar-refractivity contribution in [3.63, 3.8) is 0 Å². The molecule has 1 N–H and O–H groups in total. The van der Waals surface area contributed by atoms with E-state index in [1.165, 1.54) is 12.4 Å². The summed E-state index contributed by atoms with van der Waals surface area (Å²) in [6.07, 6.45) is 2.82. The highest BCUT2D eigenvalue weighted by Gasteiger charge is 2.24. The molecule has 3 rings (SSSR count). The third kappa shape index (κ3) is 3.22. The molecular weight excluding hydrogens is 326 g/mol. The molecule has 1 unspecified atom stereocenters. The summed E-state index contributed by atoms with van der Waals surface area (Å²) in [5.74, 6) is -0.138. The van der Waals surface area contributed by atoms with E-state index in [1.54, 1.807) is 35.2 Å². The third-order valence-electron chi connectivity index (χ3n) is 4.17. The van der Waals surface area contributed by atoms with Gasteiger partial charge in [0.1, 0.15) is 0 Å². The molecule has 6 nitrogen and oxygen atoms in total. The number of rotatable bonds is 3. The average molecular weight is 347 g/mol. The van der Waals surface area contributed by atoms with Gasteiger partial charge in [-0.05, 0) is 32.0 Å². The van der Waals surface area contributed by atoms with E-state index >= 15 is 0 Å². The molecule has 128 valence electrons. The molecule has 1 fully saturated rings. The van der Waals surface area contributed by atoms with Crippen LogP contribution < -0.4 is 5.32 Å². The summed E-state index contributed by atoms with van der Waals surface area (Å²) in [5, 5.41) is 3.28. The van der Waals surface area contributed by atoms with Crippen LogP contribution in [0.5, 0.6) is 0 Å². The molecule has 2 heterocycles. The summed E-state index contributed by atoms with van der Waals surface area (Å²) in [6, 6.07) is 8.45. The fourth-order valence-electron chi connectivity index (χ4n) is 2.78. The van der Waals surface area contributed by atoms with Gasteiger partial charge in [-0.25, -0.2) is 12.4 Å². The summed E-state index contributed by atoms with van der Waals surface area (Å²) >= 11 is 0. The molecule has 0 aliphatic carbocycles. The second-order valence-corrected chi connectivity index (χ2v) is 8.00. The van der Waals surface area contributed by atoms with Gasteiger partial charge in [-0.15, -0.1) is 0 Å². The van der Waals surface area contributed by atoms with Crippen molar-refractivity contribution in [3.8, 4) is 0 Å². The summed E-state index contributed by atoms with van der Waals surface area (Å²) in [6.45, 7) is 5.91. The van der Waals surface area contributed by atoms with Crippen molar-refractivity contribution >= 4 is 15.9 Å². The zero-order chi connectivity index (χ0) is 17.3. The van der Waals surface area contributed by atoms with Crippen LogP contribution in [0, 0.1) is 6.92 Å². The fraction of sp³-hybridized carbons (Fsp3) is 0.353. The molecule has 24 heavy (non-hydrogen) atoms. The number of carbonyl (C=O) groups excluding carboxylic acids is 1. The largest absolute Gasteiger partial charge is 0.336 e. The number of amides is 1. The zero-order valence-corrected chi connectivity index (χ0v) is 14.6. The van der Waals surface area contributed by atoms with Crippen LogP contribution >= 0.6 is 0 Å². The maximum atomic E-state index is 12.6. The Morgan fingerprint density at radius 1 is 1.21 bits per heavy atom. The fourth-order valence-corrected chi connectivity index (χ4v) is 3.98. The van der Waals surface area contributed by atoms with Crippen molar-refractivity contribution in [3.05, 3.63) is 53.9 Å². The van der Waals surface area contributed by atoms with E-state index in [0.717, 1.165) is 16.1 Å². The SMILES string of the molecule is Cc1ccc(S(=O)(=O)n2ccc(C(=O)N3CCNC(C)C3)c2)cc1. The molecule has 1 aromatic carbocycles. The standard InChI is InChI=1S/C17H21N3O3S/c1-13-3-5-16(6-4-13)24(22,23)20-9-7-15(12-20)17(21)19-10-8-18-14(2)11-19/h3-7,9,12,14,18H,8,10-11H2,1-2H3. The number of benzene rings is 1. The lowest BCUT2D eigenvalue weighted by atomic mass is 10.2. The van der Waals surface area contributed by atoms with Crippen LogP contribution in [0.1, 0.15) is 22.8 Å². The van der Waals surface area contributed by atoms with E-state index in [1.807, 2.05) is 13.8 Å². The Balaban J connectivity index is 1.84. The summed E-state index contributed by atoms with van der Waals surface area (Å²) in [5.41, 5.74) is 1.38. The van der Waals surface area contributed by atoms with Gasteiger partial charge in [-0.1, -0.05) is 17.7 Å². The van der Waals surface area contributed by atoms with E-state index in [4.69, 9.17) is 0 Å². The molecule has 1 amide bonds. The number of nitrogens with one attached hydrogen (secondary N) is 1. The van der Waals surface area contributed by atoms with Gasteiger partial charge in [0.25, 0.3) is 15.9 Å². The van der Waals surface area contributed by atoms with E-state index in [2.05, 4.69) is 5.32 Å². The van der Waals surface area contributed by atoms with Gasteiger partial charge < -0.3 is 10.2 Å².